The Kier molecular flexibility index (Phi) is 3.85. The predicted octanol–water partition coefficient (Wildman–Crippen LogP) is 0.965. The smallest absolute Gasteiger partial charge is 0.0963 e. The van der Waals surface area contributed by atoms with Gasteiger partial charge < -0.3 is 15.9 Å². The number of hydrogen-bond donors (Lipinski definition) is 3. The zero-order chi connectivity index (χ0) is 11.6. The molecular weight excluding hydrogens is 190 g/mol. The van der Waals surface area contributed by atoms with E-state index in [4.69, 9.17) is 10.8 Å². The topological polar surface area (TPSA) is 66.5 Å². The number of rotatable bonds is 3. The lowest BCUT2D eigenvalue weighted by molar-refractivity contribution is 0.0737. The first kappa shape index (κ1) is 12.2. The van der Waals surface area contributed by atoms with Gasteiger partial charge in [0.05, 0.1) is 18.8 Å². The molecular formula is C12H19NO2. The zero-order valence-corrected chi connectivity index (χ0v) is 9.49. The van der Waals surface area contributed by atoms with Crippen molar-refractivity contribution in [2.45, 2.75) is 32.9 Å². The molecule has 0 spiro atoms. The van der Waals surface area contributed by atoms with Crippen LogP contribution in [0.5, 0.6) is 0 Å². The maximum atomic E-state index is 9.52. The minimum Gasteiger partial charge on any atom is -0.394 e. The van der Waals surface area contributed by atoms with Crippen LogP contribution in [0.15, 0.2) is 12.1 Å². The van der Waals surface area contributed by atoms with Crippen LogP contribution in [-0.2, 0) is 0 Å². The number of aliphatic hydroxyl groups is 2. The Bertz CT molecular complexity index is 326. The van der Waals surface area contributed by atoms with E-state index in [1.165, 1.54) is 5.56 Å². The van der Waals surface area contributed by atoms with Gasteiger partial charge in [0.25, 0.3) is 0 Å². The highest BCUT2D eigenvalue weighted by Gasteiger charge is 2.19. The molecule has 0 bridgehead atoms. The van der Waals surface area contributed by atoms with E-state index in [1.54, 1.807) is 0 Å². The lowest BCUT2D eigenvalue weighted by Crippen LogP contribution is -2.30. The second-order valence-corrected chi connectivity index (χ2v) is 4.09. The van der Waals surface area contributed by atoms with Crippen molar-refractivity contribution in [3.8, 4) is 0 Å². The monoisotopic (exact) mass is 209 g/mol. The van der Waals surface area contributed by atoms with Gasteiger partial charge in [-0.25, -0.2) is 0 Å². The van der Waals surface area contributed by atoms with E-state index in [0.717, 1.165) is 16.7 Å². The van der Waals surface area contributed by atoms with Gasteiger partial charge in [0.15, 0.2) is 0 Å². The van der Waals surface area contributed by atoms with Crippen LogP contribution in [0.2, 0.25) is 0 Å². The van der Waals surface area contributed by atoms with E-state index < -0.39 is 12.1 Å². The normalized spacial score (nSPS) is 15.1. The third-order valence-corrected chi connectivity index (χ3v) is 2.67. The number of benzene rings is 1. The van der Waals surface area contributed by atoms with E-state index in [0.29, 0.717) is 0 Å². The molecule has 1 aromatic carbocycles. The molecule has 0 aliphatic rings. The van der Waals surface area contributed by atoms with Crippen LogP contribution in [0.4, 0.5) is 0 Å². The molecule has 0 amide bonds. The SMILES string of the molecule is Cc1cc(C)c([C@@H](N)[C@@H](O)CO)c(C)c1. The average Bonchev–Trinajstić information content (AvgIpc) is 2.14. The number of hydrogen-bond acceptors (Lipinski definition) is 3. The first-order chi connectivity index (χ1) is 6.97. The summed E-state index contributed by atoms with van der Waals surface area (Å²) < 4.78 is 0. The first-order valence-electron chi connectivity index (χ1n) is 5.09. The molecule has 0 heterocycles. The van der Waals surface area contributed by atoms with Gasteiger partial charge in [0.2, 0.25) is 0 Å². The summed E-state index contributed by atoms with van der Waals surface area (Å²) >= 11 is 0. The molecule has 1 aromatic rings. The Balaban J connectivity index is 3.13. The number of nitrogens with two attached hydrogens (primary N) is 1. The second-order valence-electron chi connectivity index (χ2n) is 4.09. The molecule has 0 unspecified atom stereocenters. The third-order valence-electron chi connectivity index (χ3n) is 2.67. The Morgan fingerprint density at radius 2 is 1.67 bits per heavy atom. The molecule has 0 saturated heterocycles. The molecule has 0 aromatic heterocycles. The van der Waals surface area contributed by atoms with Gasteiger partial charge in [-0.2, -0.15) is 0 Å². The minimum atomic E-state index is -0.898. The Labute approximate surface area is 90.5 Å². The van der Waals surface area contributed by atoms with Gasteiger partial charge in [-0.05, 0) is 37.5 Å². The summed E-state index contributed by atoms with van der Waals surface area (Å²) in [5.74, 6) is 0. The fraction of sp³-hybridized carbons (Fsp3) is 0.500. The Morgan fingerprint density at radius 3 is 2.07 bits per heavy atom. The summed E-state index contributed by atoms with van der Waals surface area (Å²) in [6.45, 7) is 5.66. The highest BCUT2D eigenvalue weighted by atomic mass is 16.3. The van der Waals surface area contributed by atoms with E-state index in [1.807, 2.05) is 32.9 Å². The summed E-state index contributed by atoms with van der Waals surface area (Å²) in [5.41, 5.74) is 10.1. The highest BCUT2D eigenvalue weighted by Crippen LogP contribution is 2.24. The van der Waals surface area contributed by atoms with Gasteiger partial charge in [0.1, 0.15) is 0 Å². The highest BCUT2D eigenvalue weighted by molar-refractivity contribution is 5.39. The molecule has 0 radical (unpaired) electrons. The van der Waals surface area contributed by atoms with Crippen LogP contribution in [0.1, 0.15) is 28.3 Å². The maximum absolute atomic E-state index is 9.52. The molecule has 0 aliphatic heterocycles. The van der Waals surface area contributed by atoms with Gasteiger partial charge in [-0.1, -0.05) is 17.7 Å². The fourth-order valence-corrected chi connectivity index (χ4v) is 2.02. The van der Waals surface area contributed by atoms with Crippen molar-refractivity contribution in [1.82, 2.24) is 0 Å². The standard InChI is InChI=1S/C12H19NO2/c1-7-4-8(2)11(9(3)5-7)12(13)10(15)6-14/h4-5,10,12,14-15H,6,13H2,1-3H3/t10-,12-/m0/s1. The quantitative estimate of drug-likeness (QED) is 0.694. The van der Waals surface area contributed by atoms with Crippen molar-refractivity contribution < 1.29 is 10.2 Å². The lowest BCUT2D eigenvalue weighted by Gasteiger charge is -2.21. The van der Waals surface area contributed by atoms with Crippen LogP contribution < -0.4 is 5.73 Å². The fourth-order valence-electron chi connectivity index (χ4n) is 2.02. The van der Waals surface area contributed by atoms with Crippen molar-refractivity contribution in [3.05, 3.63) is 34.4 Å². The molecule has 3 nitrogen and oxygen atoms in total. The summed E-state index contributed by atoms with van der Waals surface area (Å²) in [6, 6.07) is 3.55. The maximum Gasteiger partial charge on any atom is 0.0963 e. The lowest BCUT2D eigenvalue weighted by atomic mass is 9.92. The minimum absolute atomic E-state index is 0.312. The van der Waals surface area contributed by atoms with Gasteiger partial charge in [0, 0.05) is 0 Å². The largest absolute Gasteiger partial charge is 0.394 e. The van der Waals surface area contributed by atoms with Gasteiger partial charge in [-0.3, -0.25) is 0 Å². The van der Waals surface area contributed by atoms with Gasteiger partial charge in [-0.15, -0.1) is 0 Å². The molecule has 84 valence electrons. The summed E-state index contributed by atoms with van der Waals surface area (Å²) in [4.78, 5) is 0. The third kappa shape index (κ3) is 2.56. The summed E-state index contributed by atoms with van der Waals surface area (Å²) in [7, 11) is 0. The van der Waals surface area contributed by atoms with Crippen molar-refractivity contribution in [2.24, 2.45) is 5.73 Å². The Morgan fingerprint density at radius 1 is 1.20 bits per heavy atom. The van der Waals surface area contributed by atoms with Gasteiger partial charge >= 0.3 is 0 Å². The van der Waals surface area contributed by atoms with Crippen LogP contribution in [0.25, 0.3) is 0 Å². The van der Waals surface area contributed by atoms with E-state index >= 15 is 0 Å². The van der Waals surface area contributed by atoms with Crippen LogP contribution in [0.3, 0.4) is 0 Å². The van der Waals surface area contributed by atoms with Crippen molar-refractivity contribution in [1.29, 1.82) is 0 Å². The zero-order valence-electron chi connectivity index (χ0n) is 9.49. The second kappa shape index (κ2) is 4.75. The summed E-state index contributed by atoms with van der Waals surface area (Å²) in [5, 5.41) is 18.4. The molecule has 2 atom stereocenters. The molecule has 15 heavy (non-hydrogen) atoms. The Hall–Kier alpha value is -0.900. The number of aliphatic hydroxyl groups excluding tert-OH is 2. The van der Waals surface area contributed by atoms with Crippen molar-refractivity contribution in [3.63, 3.8) is 0 Å². The van der Waals surface area contributed by atoms with Crippen LogP contribution in [-0.4, -0.2) is 22.9 Å². The number of aryl methyl sites for hydroxylation is 3. The van der Waals surface area contributed by atoms with E-state index in [2.05, 4.69) is 0 Å². The molecule has 0 saturated carbocycles. The molecule has 3 heteroatoms. The summed E-state index contributed by atoms with van der Waals surface area (Å²) in [6.07, 6.45) is -0.898. The first-order valence-corrected chi connectivity index (χ1v) is 5.09. The van der Waals surface area contributed by atoms with E-state index in [-0.39, 0.29) is 6.61 Å². The van der Waals surface area contributed by atoms with E-state index in [9.17, 15) is 5.11 Å². The van der Waals surface area contributed by atoms with Crippen LogP contribution in [0, 0.1) is 20.8 Å². The van der Waals surface area contributed by atoms with Crippen LogP contribution >= 0.6 is 0 Å². The molecule has 0 fully saturated rings. The average molecular weight is 209 g/mol. The van der Waals surface area contributed by atoms with Crippen molar-refractivity contribution in [2.75, 3.05) is 6.61 Å². The molecule has 0 aliphatic carbocycles. The molecule has 4 N–H and O–H groups in total. The predicted molar refractivity (Wildman–Crippen MR) is 60.7 cm³/mol. The molecule has 1 rings (SSSR count). The van der Waals surface area contributed by atoms with Crippen molar-refractivity contribution >= 4 is 0 Å².